The monoisotopic (exact) mass is 342 g/mol. The molecule has 0 radical (unpaired) electrons. The predicted molar refractivity (Wildman–Crippen MR) is 92.4 cm³/mol. The first-order valence-electron chi connectivity index (χ1n) is 8.14. The molecular weight excluding hydrogens is 324 g/mol. The van der Waals surface area contributed by atoms with Gasteiger partial charge < -0.3 is 15.4 Å². The number of fused-ring (bicyclic) bond motifs is 1. The van der Waals surface area contributed by atoms with Crippen LogP contribution < -0.4 is 15.4 Å². The van der Waals surface area contributed by atoms with E-state index in [0.29, 0.717) is 11.5 Å². The van der Waals surface area contributed by atoms with Crippen LogP contribution >= 0.6 is 11.3 Å². The van der Waals surface area contributed by atoms with E-state index in [0.717, 1.165) is 35.6 Å². The SMILES string of the molecule is O=C(NC1CCOc2ccccc21)c1ccc(NC(=O)C2CC2)s1. The number of carbonyl (C=O) groups is 2. The van der Waals surface area contributed by atoms with Gasteiger partial charge in [-0.15, -0.1) is 11.3 Å². The minimum absolute atomic E-state index is 0.0472. The van der Waals surface area contributed by atoms with Crippen molar-refractivity contribution in [2.75, 3.05) is 11.9 Å². The second-order valence-corrected chi connectivity index (χ2v) is 7.21. The van der Waals surface area contributed by atoms with E-state index in [1.54, 1.807) is 12.1 Å². The summed E-state index contributed by atoms with van der Waals surface area (Å²) in [7, 11) is 0. The van der Waals surface area contributed by atoms with Crippen molar-refractivity contribution in [1.29, 1.82) is 0 Å². The van der Waals surface area contributed by atoms with Crippen molar-refractivity contribution in [3.8, 4) is 5.75 Å². The van der Waals surface area contributed by atoms with E-state index in [9.17, 15) is 9.59 Å². The molecule has 1 atom stereocenters. The molecule has 1 unspecified atom stereocenters. The average molecular weight is 342 g/mol. The highest BCUT2D eigenvalue weighted by molar-refractivity contribution is 7.18. The molecule has 5 nitrogen and oxygen atoms in total. The number of benzene rings is 1. The Kier molecular flexibility index (Phi) is 3.98. The minimum Gasteiger partial charge on any atom is -0.493 e. The van der Waals surface area contributed by atoms with Gasteiger partial charge in [-0.25, -0.2) is 0 Å². The first-order valence-corrected chi connectivity index (χ1v) is 8.95. The number of thiophene rings is 1. The molecule has 0 saturated heterocycles. The Labute approximate surface area is 144 Å². The fourth-order valence-electron chi connectivity index (χ4n) is 2.82. The largest absolute Gasteiger partial charge is 0.493 e. The number of para-hydroxylation sites is 1. The molecule has 2 aromatic rings. The molecule has 0 bridgehead atoms. The van der Waals surface area contributed by atoms with Crippen molar-refractivity contribution in [2.45, 2.75) is 25.3 Å². The van der Waals surface area contributed by atoms with E-state index >= 15 is 0 Å². The summed E-state index contributed by atoms with van der Waals surface area (Å²) in [5, 5.41) is 6.68. The zero-order valence-corrected chi connectivity index (χ0v) is 13.9. The molecule has 1 aromatic heterocycles. The molecule has 2 aliphatic rings. The van der Waals surface area contributed by atoms with E-state index in [-0.39, 0.29) is 23.8 Å². The molecule has 4 rings (SSSR count). The highest BCUT2D eigenvalue weighted by atomic mass is 32.1. The van der Waals surface area contributed by atoms with Crippen LogP contribution in [0.1, 0.15) is 40.5 Å². The molecule has 2 amide bonds. The van der Waals surface area contributed by atoms with Gasteiger partial charge in [-0.2, -0.15) is 0 Å². The number of hydrogen-bond donors (Lipinski definition) is 2. The van der Waals surface area contributed by atoms with Crippen molar-refractivity contribution in [2.24, 2.45) is 5.92 Å². The van der Waals surface area contributed by atoms with Crippen molar-refractivity contribution < 1.29 is 14.3 Å². The van der Waals surface area contributed by atoms with Crippen molar-refractivity contribution >= 4 is 28.2 Å². The lowest BCUT2D eigenvalue weighted by atomic mass is 10.0. The van der Waals surface area contributed by atoms with Crippen molar-refractivity contribution in [1.82, 2.24) is 5.32 Å². The topological polar surface area (TPSA) is 67.4 Å². The molecular formula is C18H18N2O3S. The molecule has 1 saturated carbocycles. The third-order valence-electron chi connectivity index (χ3n) is 4.29. The van der Waals surface area contributed by atoms with Gasteiger partial charge in [0, 0.05) is 17.9 Å². The third kappa shape index (κ3) is 3.14. The number of rotatable bonds is 4. The third-order valence-corrected chi connectivity index (χ3v) is 5.29. The van der Waals surface area contributed by atoms with E-state index in [1.165, 1.54) is 11.3 Å². The quantitative estimate of drug-likeness (QED) is 0.895. The minimum atomic E-state index is -0.117. The number of carbonyl (C=O) groups excluding carboxylic acids is 2. The summed E-state index contributed by atoms with van der Waals surface area (Å²) in [6.45, 7) is 0.592. The zero-order chi connectivity index (χ0) is 16.5. The first-order chi connectivity index (χ1) is 11.7. The van der Waals surface area contributed by atoms with E-state index in [4.69, 9.17) is 4.74 Å². The molecule has 24 heavy (non-hydrogen) atoms. The average Bonchev–Trinajstić information content (AvgIpc) is 3.35. The fourth-order valence-corrected chi connectivity index (χ4v) is 3.63. The van der Waals surface area contributed by atoms with Crippen LogP contribution in [0.4, 0.5) is 5.00 Å². The Morgan fingerprint density at radius 3 is 2.75 bits per heavy atom. The Bertz CT molecular complexity index is 782. The number of anilines is 1. The first kappa shape index (κ1) is 15.2. The van der Waals surface area contributed by atoms with Crippen molar-refractivity contribution in [3.63, 3.8) is 0 Å². The van der Waals surface area contributed by atoms with Crippen LogP contribution in [-0.2, 0) is 4.79 Å². The van der Waals surface area contributed by atoms with Crippen LogP contribution in [-0.4, -0.2) is 18.4 Å². The Morgan fingerprint density at radius 1 is 1.08 bits per heavy atom. The second-order valence-electron chi connectivity index (χ2n) is 6.13. The molecule has 1 fully saturated rings. The second kappa shape index (κ2) is 6.28. The number of hydrogen-bond acceptors (Lipinski definition) is 4. The molecule has 1 aliphatic carbocycles. The highest BCUT2D eigenvalue weighted by Gasteiger charge is 2.30. The van der Waals surface area contributed by atoms with Gasteiger partial charge in [-0.1, -0.05) is 18.2 Å². The van der Waals surface area contributed by atoms with Crippen LogP contribution in [0.15, 0.2) is 36.4 Å². The summed E-state index contributed by atoms with van der Waals surface area (Å²) >= 11 is 1.31. The van der Waals surface area contributed by atoms with Gasteiger partial charge >= 0.3 is 0 Å². The lowest BCUT2D eigenvalue weighted by Crippen LogP contribution is -2.31. The van der Waals surface area contributed by atoms with Crippen LogP contribution in [0.5, 0.6) is 5.75 Å². The van der Waals surface area contributed by atoms with Gasteiger partial charge in [-0.3, -0.25) is 9.59 Å². The lowest BCUT2D eigenvalue weighted by Gasteiger charge is -2.26. The molecule has 0 spiro atoms. The smallest absolute Gasteiger partial charge is 0.261 e. The molecule has 2 N–H and O–H groups in total. The Morgan fingerprint density at radius 2 is 1.92 bits per heavy atom. The summed E-state index contributed by atoms with van der Waals surface area (Å²) in [4.78, 5) is 24.9. The van der Waals surface area contributed by atoms with Gasteiger partial charge in [0.25, 0.3) is 5.91 Å². The summed E-state index contributed by atoms with van der Waals surface area (Å²) in [6.07, 6.45) is 2.68. The molecule has 124 valence electrons. The van der Waals surface area contributed by atoms with Crippen LogP contribution in [0, 0.1) is 5.92 Å². The normalized spacial score (nSPS) is 19.1. The number of ether oxygens (including phenoxy) is 1. The van der Waals surface area contributed by atoms with Gasteiger partial charge in [0.2, 0.25) is 5.91 Å². The Balaban J connectivity index is 1.43. The van der Waals surface area contributed by atoms with E-state index in [1.807, 2.05) is 24.3 Å². The van der Waals surface area contributed by atoms with Crippen LogP contribution in [0.3, 0.4) is 0 Å². The molecule has 1 aliphatic heterocycles. The maximum Gasteiger partial charge on any atom is 0.261 e. The number of nitrogens with one attached hydrogen (secondary N) is 2. The van der Waals surface area contributed by atoms with Gasteiger partial charge in [0.05, 0.1) is 22.5 Å². The molecule has 6 heteroatoms. The van der Waals surface area contributed by atoms with Crippen molar-refractivity contribution in [3.05, 3.63) is 46.8 Å². The van der Waals surface area contributed by atoms with E-state index in [2.05, 4.69) is 10.6 Å². The lowest BCUT2D eigenvalue weighted by molar-refractivity contribution is -0.117. The standard InChI is InChI=1S/C18H18N2O3S/c21-17(11-5-6-11)20-16-8-7-15(24-16)18(22)19-13-9-10-23-14-4-2-1-3-12(13)14/h1-4,7-8,11,13H,5-6,9-10H2,(H,19,22)(H,20,21). The van der Waals surface area contributed by atoms with Gasteiger partial charge in [0.15, 0.2) is 0 Å². The van der Waals surface area contributed by atoms with Crippen LogP contribution in [0.2, 0.25) is 0 Å². The summed E-state index contributed by atoms with van der Waals surface area (Å²) in [6, 6.07) is 11.3. The van der Waals surface area contributed by atoms with Gasteiger partial charge in [-0.05, 0) is 31.0 Å². The summed E-state index contributed by atoms with van der Waals surface area (Å²) in [5.74, 6) is 0.927. The fraction of sp³-hybridized carbons (Fsp3) is 0.333. The number of amides is 2. The maximum absolute atomic E-state index is 12.5. The molecule has 1 aromatic carbocycles. The predicted octanol–water partition coefficient (Wildman–Crippen LogP) is 3.35. The van der Waals surface area contributed by atoms with Crippen LogP contribution in [0.25, 0.3) is 0 Å². The van der Waals surface area contributed by atoms with Gasteiger partial charge in [0.1, 0.15) is 5.75 Å². The maximum atomic E-state index is 12.5. The molecule has 2 heterocycles. The van der Waals surface area contributed by atoms with E-state index < -0.39 is 0 Å². The summed E-state index contributed by atoms with van der Waals surface area (Å²) < 4.78 is 5.62. The highest BCUT2D eigenvalue weighted by Crippen LogP contribution is 2.33. The summed E-state index contributed by atoms with van der Waals surface area (Å²) in [5.41, 5.74) is 1.01. The Hall–Kier alpha value is -2.34. The zero-order valence-electron chi connectivity index (χ0n) is 13.1.